The van der Waals surface area contributed by atoms with Crippen molar-refractivity contribution in [3.63, 3.8) is 0 Å². The fraction of sp³-hybridized carbons (Fsp3) is 0.533. The van der Waals surface area contributed by atoms with Crippen molar-refractivity contribution >= 4 is 22.5 Å². The molecule has 0 heterocycles. The minimum Gasteiger partial charge on any atom is -0.391 e. The molecule has 2 atom stereocenters. The van der Waals surface area contributed by atoms with Gasteiger partial charge in [0.1, 0.15) is 5.82 Å². The van der Waals surface area contributed by atoms with Crippen molar-refractivity contribution in [1.82, 2.24) is 5.32 Å². The van der Waals surface area contributed by atoms with Gasteiger partial charge in [-0.1, -0.05) is 26.7 Å². The third kappa shape index (κ3) is 5.38. The summed E-state index contributed by atoms with van der Waals surface area (Å²) in [6, 6.07) is 3.46. The molecular formula is C15H23FN2O3S. The van der Waals surface area contributed by atoms with Crippen LogP contribution in [0.25, 0.3) is 0 Å². The molecule has 1 aromatic carbocycles. The van der Waals surface area contributed by atoms with Crippen LogP contribution >= 0.6 is 0 Å². The summed E-state index contributed by atoms with van der Waals surface area (Å²) in [5.74, 6) is -0.493. The van der Waals surface area contributed by atoms with Gasteiger partial charge in [0.25, 0.3) is 0 Å². The Morgan fingerprint density at radius 1 is 1.36 bits per heavy atom. The summed E-state index contributed by atoms with van der Waals surface area (Å²) in [5.41, 5.74) is 0.265. The Morgan fingerprint density at radius 3 is 2.50 bits per heavy atom. The number of aliphatic hydroxyl groups excluding tert-OH is 1. The number of halogens is 1. The highest BCUT2D eigenvalue weighted by Gasteiger charge is 2.16. The lowest BCUT2D eigenvalue weighted by Crippen LogP contribution is -2.38. The third-order valence-electron chi connectivity index (χ3n) is 3.56. The fourth-order valence-electron chi connectivity index (χ4n) is 2.18. The summed E-state index contributed by atoms with van der Waals surface area (Å²) in [4.78, 5) is 11.8. The van der Waals surface area contributed by atoms with E-state index in [-0.39, 0.29) is 23.0 Å². The number of benzene rings is 1. The van der Waals surface area contributed by atoms with Gasteiger partial charge >= 0.3 is 6.03 Å². The number of rotatable bonds is 7. The van der Waals surface area contributed by atoms with Gasteiger partial charge in [0.05, 0.1) is 21.8 Å². The van der Waals surface area contributed by atoms with Crippen LogP contribution in [0, 0.1) is 11.7 Å². The maximum atomic E-state index is 13.7. The molecule has 0 spiro atoms. The number of hydrogen-bond donors (Lipinski definition) is 3. The van der Waals surface area contributed by atoms with Crippen molar-refractivity contribution < 1.29 is 18.5 Å². The van der Waals surface area contributed by atoms with E-state index in [9.17, 15) is 18.5 Å². The predicted molar refractivity (Wildman–Crippen MR) is 85.8 cm³/mol. The van der Waals surface area contributed by atoms with E-state index in [4.69, 9.17) is 0 Å². The van der Waals surface area contributed by atoms with Gasteiger partial charge in [-0.3, -0.25) is 4.21 Å². The summed E-state index contributed by atoms with van der Waals surface area (Å²) in [5, 5.41) is 15.0. The Bertz CT molecular complexity index is 536. The summed E-state index contributed by atoms with van der Waals surface area (Å²) in [7, 11) is -1.42. The number of carbonyl (C=O) groups excluding carboxylic acids is 1. The molecule has 124 valence electrons. The molecule has 0 saturated carbocycles. The van der Waals surface area contributed by atoms with Crippen LogP contribution in [0.5, 0.6) is 0 Å². The number of carbonyl (C=O) groups is 1. The summed E-state index contributed by atoms with van der Waals surface area (Å²) >= 11 is 0. The van der Waals surface area contributed by atoms with Crippen LogP contribution in [0.4, 0.5) is 14.9 Å². The Hall–Kier alpha value is -1.47. The monoisotopic (exact) mass is 330 g/mol. The van der Waals surface area contributed by atoms with Gasteiger partial charge in [-0.25, -0.2) is 9.18 Å². The van der Waals surface area contributed by atoms with Crippen LogP contribution in [-0.4, -0.2) is 34.3 Å². The molecule has 0 bridgehead atoms. The standard InChI is InChI=1S/C15H23FN2O3S/c1-4-10(5-2)13(19)9-17-15(20)18-11-6-7-14(22(3)21)12(16)8-11/h6-8,10,13,19H,4-5,9H2,1-3H3,(H2,17,18,20). The normalized spacial score (nSPS) is 13.7. The van der Waals surface area contributed by atoms with Crippen LogP contribution < -0.4 is 10.6 Å². The molecule has 0 aliphatic heterocycles. The highest BCUT2D eigenvalue weighted by Crippen LogP contribution is 2.17. The Labute approximate surface area is 132 Å². The SMILES string of the molecule is CCC(CC)C(O)CNC(=O)Nc1ccc(S(C)=O)c(F)c1. The highest BCUT2D eigenvalue weighted by atomic mass is 32.2. The predicted octanol–water partition coefficient (Wildman–Crippen LogP) is 2.48. The molecule has 1 aromatic rings. The van der Waals surface area contributed by atoms with Gasteiger partial charge in [0.2, 0.25) is 0 Å². The maximum absolute atomic E-state index is 13.7. The first kappa shape index (κ1) is 18.6. The lowest BCUT2D eigenvalue weighted by atomic mass is 9.97. The van der Waals surface area contributed by atoms with Crippen molar-refractivity contribution in [1.29, 1.82) is 0 Å². The number of nitrogens with one attached hydrogen (secondary N) is 2. The number of urea groups is 1. The molecule has 0 radical (unpaired) electrons. The lowest BCUT2D eigenvalue weighted by molar-refractivity contribution is 0.104. The third-order valence-corrected chi connectivity index (χ3v) is 4.51. The number of aliphatic hydroxyl groups is 1. The van der Waals surface area contributed by atoms with Crippen LogP contribution in [0.2, 0.25) is 0 Å². The van der Waals surface area contributed by atoms with Crippen LogP contribution in [0.3, 0.4) is 0 Å². The van der Waals surface area contributed by atoms with Crippen LogP contribution in [0.1, 0.15) is 26.7 Å². The van der Waals surface area contributed by atoms with E-state index in [1.54, 1.807) is 0 Å². The minimum atomic E-state index is -1.42. The summed E-state index contributed by atoms with van der Waals surface area (Å²) in [6.07, 6.45) is 2.45. The van der Waals surface area contributed by atoms with E-state index in [1.165, 1.54) is 18.4 Å². The first-order valence-corrected chi connectivity index (χ1v) is 8.80. The Kier molecular flexibility index (Phi) is 7.47. The van der Waals surface area contributed by atoms with E-state index < -0.39 is 28.8 Å². The first-order valence-electron chi connectivity index (χ1n) is 7.24. The zero-order valence-electron chi connectivity index (χ0n) is 13.1. The number of anilines is 1. The van der Waals surface area contributed by atoms with Crippen LogP contribution in [0.15, 0.2) is 23.1 Å². The first-order chi connectivity index (χ1) is 10.4. The van der Waals surface area contributed by atoms with Gasteiger partial charge in [0.15, 0.2) is 0 Å². The van der Waals surface area contributed by atoms with Gasteiger partial charge in [-0.05, 0) is 24.1 Å². The van der Waals surface area contributed by atoms with Crippen LogP contribution in [-0.2, 0) is 10.8 Å². The number of amides is 2. The molecule has 0 fully saturated rings. The largest absolute Gasteiger partial charge is 0.391 e. The highest BCUT2D eigenvalue weighted by molar-refractivity contribution is 7.84. The van der Waals surface area contributed by atoms with Gasteiger partial charge < -0.3 is 15.7 Å². The molecule has 2 amide bonds. The van der Waals surface area contributed by atoms with Crippen molar-refractivity contribution in [2.45, 2.75) is 37.7 Å². The lowest BCUT2D eigenvalue weighted by Gasteiger charge is -2.20. The maximum Gasteiger partial charge on any atom is 0.319 e. The zero-order valence-corrected chi connectivity index (χ0v) is 13.9. The molecule has 5 nitrogen and oxygen atoms in total. The smallest absolute Gasteiger partial charge is 0.319 e. The minimum absolute atomic E-state index is 0.0927. The molecule has 3 N–H and O–H groups in total. The fourth-order valence-corrected chi connectivity index (χ4v) is 2.78. The molecule has 7 heteroatoms. The Morgan fingerprint density at radius 2 is 2.00 bits per heavy atom. The van der Waals surface area contributed by atoms with E-state index in [0.29, 0.717) is 0 Å². The summed E-state index contributed by atoms with van der Waals surface area (Å²) in [6.45, 7) is 4.11. The second-order valence-corrected chi connectivity index (χ2v) is 6.43. The molecule has 0 aliphatic rings. The van der Waals surface area contributed by atoms with Crippen molar-refractivity contribution in [2.24, 2.45) is 5.92 Å². The van der Waals surface area contributed by atoms with E-state index in [0.717, 1.165) is 18.9 Å². The zero-order chi connectivity index (χ0) is 16.7. The van der Waals surface area contributed by atoms with Crippen molar-refractivity contribution in [2.75, 3.05) is 18.1 Å². The van der Waals surface area contributed by atoms with Gasteiger partial charge in [0, 0.05) is 18.5 Å². The summed E-state index contributed by atoms with van der Waals surface area (Å²) < 4.78 is 24.9. The topological polar surface area (TPSA) is 78.4 Å². The molecule has 0 saturated heterocycles. The van der Waals surface area contributed by atoms with Gasteiger partial charge in [-0.2, -0.15) is 0 Å². The van der Waals surface area contributed by atoms with Crippen molar-refractivity contribution in [3.8, 4) is 0 Å². The molecule has 1 rings (SSSR count). The average Bonchev–Trinajstić information content (AvgIpc) is 2.46. The Balaban J connectivity index is 2.55. The second kappa shape index (κ2) is 8.85. The van der Waals surface area contributed by atoms with E-state index in [1.807, 2.05) is 13.8 Å². The molecular weight excluding hydrogens is 307 g/mol. The molecule has 0 aliphatic carbocycles. The second-order valence-electron chi connectivity index (χ2n) is 5.08. The molecule has 0 aromatic heterocycles. The van der Waals surface area contributed by atoms with E-state index in [2.05, 4.69) is 10.6 Å². The molecule has 22 heavy (non-hydrogen) atoms. The number of hydrogen-bond acceptors (Lipinski definition) is 3. The molecule has 2 unspecified atom stereocenters. The van der Waals surface area contributed by atoms with Gasteiger partial charge in [-0.15, -0.1) is 0 Å². The average molecular weight is 330 g/mol. The van der Waals surface area contributed by atoms with Crippen molar-refractivity contribution in [3.05, 3.63) is 24.0 Å². The quantitative estimate of drug-likeness (QED) is 0.719. The van der Waals surface area contributed by atoms with E-state index >= 15 is 0 Å².